The quantitative estimate of drug-likeness (QED) is 0.323. The van der Waals surface area contributed by atoms with E-state index in [9.17, 15) is 17.6 Å². The Morgan fingerprint density at radius 1 is 1.15 bits per heavy atom. The van der Waals surface area contributed by atoms with Gasteiger partial charge in [-0.3, -0.25) is 0 Å². The Balaban J connectivity index is 1.75. The van der Waals surface area contributed by atoms with Crippen LogP contribution in [0.25, 0.3) is 0 Å². The largest absolute Gasteiger partial charge is 0.573 e. The number of benzene rings is 1. The molecule has 1 aromatic carbocycles. The molecule has 6 heteroatoms. The lowest BCUT2D eigenvalue weighted by Gasteiger charge is -2.28. The first-order chi connectivity index (χ1) is 12.4. The van der Waals surface area contributed by atoms with Crippen LogP contribution in [-0.2, 0) is 0 Å². The second kappa shape index (κ2) is 9.42. The fourth-order valence-corrected chi connectivity index (χ4v) is 3.34. The van der Waals surface area contributed by atoms with E-state index in [-0.39, 0.29) is 5.75 Å². The fraction of sp³-hybridized carbons (Fsp3) is 0.450. The number of hydrogen-bond donors (Lipinski definition) is 0. The van der Waals surface area contributed by atoms with Crippen LogP contribution >= 0.6 is 0 Å². The summed E-state index contributed by atoms with van der Waals surface area (Å²) >= 11 is 0. The summed E-state index contributed by atoms with van der Waals surface area (Å²) in [6.07, 6.45) is 5.94. The minimum Gasteiger partial charge on any atom is -0.406 e. The van der Waals surface area contributed by atoms with Crippen molar-refractivity contribution in [3.8, 4) is 11.8 Å². The van der Waals surface area contributed by atoms with Gasteiger partial charge >= 0.3 is 6.36 Å². The number of rotatable bonds is 6. The van der Waals surface area contributed by atoms with Crippen LogP contribution in [0.5, 0.6) is 5.75 Å². The standard InChI is InChI=1S/C20H21F4NO/c21-18(14-25)5-3-1-2-4-15-6-8-16(9-7-15)17-10-12-19(13-11-17)26-20(22,23)24/h1,3,5,10-13,15-16H,2,4,6-9H2/b3-1+,18-5-/t15-,16-. The summed E-state index contributed by atoms with van der Waals surface area (Å²) in [5, 5.41) is 8.29. The lowest BCUT2D eigenvalue weighted by Crippen LogP contribution is -2.17. The van der Waals surface area contributed by atoms with Crippen LogP contribution in [-0.4, -0.2) is 6.36 Å². The van der Waals surface area contributed by atoms with Crippen LogP contribution in [0.4, 0.5) is 17.6 Å². The van der Waals surface area contributed by atoms with Crippen LogP contribution in [0.1, 0.15) is 50.0 Å². The Morgan fingerprint density at radius 2 is 1.81 bits per heavy atom. The Morgan fingerprint density at radius 3 is 2.38 bits per heavy atom. The maximum Gasteiger partial charge on any atom is 0.573 e. The molecule has 1 aromatic rings. The normalized spacial score (nSPS) is 21.6. The van der Waals surface area contributed by atoms with Gasteiger partial charge in [0, 0.05) is 0 Å². The van der Waals surface area contributed by atoms with Gasteiger partial charge in [-0.15, -0.1) is 13.2 Å². The van der Waals surface area contributed by atoms with Gasteiger partial charge in [0.15, 0.2) is 5.83 Å². The molecular formula is C20H21F4NO. The number of hydrogen-bond acceptors (Lipinski definition) is 2. The molecule has 1 aliphatic rings. The molecule has 140 valence electrons. The van der Waals surface area contributed by atoms with Gasteiger partial charge < -0.3 is 4.74 Å². The molecule has 0 saturated heterocycles. The molecule has 1 aliphatic carbocycles. The van der Waals surface area contributed by atoms with Crippen molar-refractivity contribution in [2.24, 2.45) is 5.92 Å². The van der Waals surface area contributed by atoms with E-state index in [0.29, 0.717) is 11.8 Å². The Hall–Kier alpha value is -2.29. The molecule has 0 aliphatic heterocycles. The van der Waals surface area contributed by atoms with Crippen LogP contribution in [0.2, 0.25) is 0 Å². The zero-order valence-corrected chi connectivity index (χ0v) is 14.3. The molecule has 26 heavy (non-hydrogen) atoms. The highest BCUT2D eigenvalue weighted by molar-refractivity contribution is 5.29. The fourth-order valence-electron chi connectivity index (χ4n) is 3.34. The third-order valence-corrected chi connectivity index (χ3v) is 4.66. The van der Waals surface area contributed by atoms with Crippen LogP contribution in [0.15, 0.2) is 48.3 Å². The summed E-state index contributed by atoms with van der Waals surface area (Å²) in [7, 11) is 0. The van der Waals surface area contributed by atoms with E-state index in [4.69, 9.17) is 5.26 Å². The van der Waals surface area contributed by atoms with E-state index in [1.54, 1.807) is 18.2 Å². The number of nitriles is 1. The topological polar surface area (TPSA) is 33.0 Å². The molecular weight excluding hydrogens is 346 g/mol. The summed E-state index contributed by atoms with van der Waals surface area (Å²) in [6.45, 7) is 0. The molecule has 1 saturated carbocycles. The molecule has 1 fully saturated rings. The summed E-state index contributed by atoms with van der Waals surface area (Å²) in [6, 6.07) is 7.58. The molecule has 0 N–H and O–H groups in total. The maximum atomic E-state index is 12.6. The Bertz CT molecular complexity index is 663. The van der Waals surface area contributed by atoms with Crippen molar-refractivity contribution in [2.45, 2.75) is 50.8 Å². The summed E-state index contributed by atoms with van der Waals surface area (Å²) in [5.41, 5.74) is 1.05. The minimum atomic E-state index is -4.66. The number of alkyl halides is 3. The molecule has 0 aromatic heterocycles. The second-order valence-electron chi connectivity index (χ2n) is 6.47. The molecule has 0 unspecified atom stereocenters. The first-order valence-corrected chi connectivity index (χ1v) is 8.65. The van der Waals surface area contributed by atoms with Gasteiger partial charge in [0.1, 0.15) is 11.8 Å². The van der Waals surface area contributed by atoms with E-state index < -0.39 is 12.2 Å². The van der Waals surface area contributed by atoms with E-state index in [1.165, 1.54) is 18.2 Å². The van der Waals surface area contributed by atoms with E-state index in [1.807, 2.05) is 6.08 Å². The van der Waals surface area contributed by atoms with Crippen molar-refractivity contribution in [3.63, 3.8) is 0 Å². The molecule has 2 rings (SSSR count). The van der Waals surface area contributed by atoms with Crippen LogP contribution in [0.3, 0.4) is 0 Å². The lowest BCUT2D eigenvalue weighted by molar-refractivity contribution is -0.274. The summed E-state index contributed by atoms with van der Waals surface area (Å²) < 4.78 is 53.1. The number of halogens is 4. The number of allylic oxidation sites excluding steroid dienone is 4. The van der Waals surface area contributed by atoms with Gasteiger partial charge in [0.25, 0.3) is 0 Å². The first kappa shape index (κ1) is 20.0. The third-order valence-electron chi connectivity index (χ3n) is 4.66. The predicted octanol–water partition coefficient (Wildman–Crippen LogP) is 6.57. The average molecular weight is 367 g/mol. The van der Waals surface area contributed by atoms with Gasteiger partial charge in [0.05, 0.1) is 0 Å². The van der Waals surface area contributed by atoms with Gasteiger partial charge in [-0.1, -0.05) is 24.3 Å². The van der Waals surface area contributed by atoms with Gasteiger partial charge in [-0.05, 0) is 74.1 Å². The number of nitrogens with zero attached hydrogens (tertiary/aromatic N) is 1. The third kappa shape index (κ3) is 6.91. The van der Waals surface area contributed by atoms with Crippen molar-refractivity contribution >= 4 is 0 Å². The molecule has 0 atom stereocenters. The van der Waals surface area contributed by atoms with E-state index in [0.717, 1.165) is 50.2 Å². The van der Waals surface area contributed by atoms with Gasteiger partial charge in [0.2, 0.25) is 0 Å². The van der Waals surface area contributed by atoms with E-state index >= 15 is 0 Å². The SMILES string of the molecule is N#C/C(F)=C/C=C/CC[C@H]1CC[C@H](c2ccc(OC(F)(F)F)cc2)CC1. The molecule has 0 bridgehead atoms. The molecule has 2 nitrogen and oxygen atoms in total. The highest BCUT2D eigenvalue weighted by atomic mass is 19.4. The second-order valence-corrected chi connectivity index (χ2v) is 6.47. The van der Waals surface area contributed by atoms with Gasteiger partial charge in [-0.25, -0.2) is 0 Å². The Kier molecular flexibility index (Phi) is 7.26. The van der Waals surface area contributed by atoms with Gasteiger partial charge in [-0.2, -0.15) is 9.65 Å². The summed E-state index contributed by atoms with van der Waals surface area (Å²) in [4.78, 5) is 0. The highest BCUT2D eigenvalue weighted by Crippen LogP contribution is 2.38. The molecule has 0 radical (unpaired) electrons. The zero-order chi connectivity index (χ0) is 19.0. The van der Waals surface area contributed by atoms with Crippen molar-refractivity contribution in [3.05, 3.63) is 53.9 Å². The zero-order valence-electron chi connectivity index (χ0n) is 14.3. The molecule has 0 spiro atoms. The Labute approximate surface area is 150 Å². The predicted molar refractivity (Wildman–Crippen MR) is 91.0 cm³/mol. The van der Waals surface area contributed by atoms with Crippen LogP contribution < -0.4 is 4.74 Å². The number of ether oxygens (including phenoxy) is 1. The van der Waals surface area contributed by atoms with Crippen molar-refractivity contribution in [1.82, 2.24) is 0 Å². The maximum absolute atomic E-state index is 12.6. The lowest BCUT2D eigenvalue weighted by atomic mass is 9.77. The molecule has 0 heterocycles. The first-order valence-electron chi connectivity index (χ1n) is 8.65. The van der Waals surface area contributed by atoms with Crippen molar-refractivity contribution in [2.75, 3.05) is 0 Å². The highest BCUT2D eigenvalue weighted by Gasteiger charge is 2.31. The van der Waals surface area contributed by atoms with E-state index in [2.05, 4.69) is 4.74 Å². The molecule has 0 amide bonds. The average Bonchev–Trinajstić information content (AvgIpc) is 2.61. The summed E-state index contributed by atoms with van der Waals surface area (Å²) in [5.74, 6) is -0.0140. The van der Waals surface area contributed by atoms with Crippen molar-refractivity contribution < 1.29 is 22.3 Å². The van der Waals surface area contributed by atoms with Crippen LogP contribution in [0, 0.1) is 17.2 Å². The smallest absolute Gasteiger partial charge is 0.406 e. The monoisotopic (exact) mass is 367 g/mol. The minimum absolute atomic E-state index is 0.191. The van der Waals surface area contributed by atoms with Crippen molar-refractivity contribution in [1.29, 1.82) is 5.26 Å².